The van der Waals surface area contributed by atoms with Crippen molar-refractivity contribution in [1.82, 2.24) is 4.31 Å². The Morgan fingerprint density at radius 3 is 2.38 bits per heavy atom. The van der Waals surface area contributed by atoms with Crippen LogP contribution >= 0.6 is 0 Å². The largest absolute Gasteiger partial charge is 0.243 e. The molecule has 1 aliphatic rings. The first-order valence-electron chi connectivity index (χ1n) is 7.39. The molecular formula is C16H18N2O4S2. The maximum atomic E-state index is 12.8. The van der Waals surface area contributed by atoms with Crippen LogP contribution in [0, 0.1) is 6.92 Å². The lowest BCUT2D eigenvalue weighted by molar-refractivity contribution is 0.391. The van der Waals surface area contributed by atoms with Crippen LogP contribution in [0.4, 0.5) is 0 Å². The fraction of sp³-hybridized carbons (Fsp3) is 0.250. The molecule has 0 saturated heterocycles. The summed E-state index contributed by atoms with van der Waals surface area (Å²) in [6, 6.07) is 11.4. The molecule has 3 rings (SSSR count). The van der Waals surface area contributed by atoms with Gasteiger partial charge in [0.1, 0.15) is 0 Å². The molecule has 2 aromatic carbocycles. The molecule has 1 heterocycles. The van der Waals surface area contributed by atoms with Crippen LogP contribution in [0.15, 0.2) is 52.3 Å². The number of sulfonamides is 2. The van der Waals surface area contributed by atoms with Crippen LogP contribution < -0.4 is 5.14 Å². The second-order valence-electron chi connectivity index (χ2n) is 5.88. The molecule has 0 amide bonds. The summed E-state index contributed by atoms with van der Waals surface area (Å²) in [6.45, 7) is 2.33. The molecule has 0 aromatic heterocycles. The van der Waals surface area contributed by atoms with Crippen molar-refractivity contribution in [3.05, 3.63) is 59.2 Å². The smallest absolute Gasteiger partial charge is 0.225 e. The summed E-state index contributed by atoms with van der Waals surface area (Å²) in [6.07, 6.45) is 0.533. The highest BCUT2D eigenvalue weighted by Crippen LogP contribution is 2.26. The quantitative estimate of drug-likeness (QED) is 0.887. The minimum absolute atomic E-state index is 0.00365. The Labute approximate surface area is 142 Å². The molecular weight excluding hydrogens is 348 g/mol. The Balaban J connectivity index is 1.97. The minimum Gasteiger partial charge on any atom is -0.225 e. The van der Waals surface area contributed by atoms with Crippen molar-refractivity contribution in [2.45, 2.75) is 29.7 Å². The van der Waals surface area contributed by atoms with E-state index in [2.05, 4.69) is 0 Å². The van der Waals surface area contributed by atoms with Crippen molar-refractivity contribution < 1.29 is 16.8 Å². The first-order valence-corrected chi connectivity index (χ1v) is 10.4. The summed E-state index contributed by atoms with van der Waals surface area (Å²) in [4.78, 5) is 0.240. The number of nitrogens with two attached hydrogens (primary N) is 1. The molecule has 24 heavy (non-hydrogen) atoms. The van der Waals surface area contributed by atoms with Crippen LogP contribution in [-0.4, -0.2) is 27.7 Å². The van der Waals surface area contributed by atoms with E-state index in [9.17, 15) is 16.8 Å². The van der Waals surface area contributed by atoms with Gasteiger partial charge in [-0.3, -0.25) is 0 Å². The third kappa shape index (κ3) is 3.23. The lowest BCUT2D eigenvalue weighted by atomic mass is 10.0. The van der Waals surface area contributed by atoms with Gasteiger partial charge in [-0.2, -0.15) is 4.31 Å². The Morgan fingerprint density at radius 1 is 0.958 bits per heavy atom. The first kappa shape index (κ1) is 17.1. The SMILES string of the molecule is Cc1cccc(S(=O)(=O)N2CCc3ccc(S(N)(=O)=O)cc3C2)c1. The van der Waals surface area contributed by atoms with Crippen LogP contribution in [0.2, 0.25) is 0 Å². The number of hydrogen-bond donors (Lipinski definition) is 1. The maximum Gasteiger partial charge on any atom is 0.243 e. The summed E-state index contributed by atoms with van der Waals surface area (Å²) < 4.78 is 50.0. The Morgan fingerprint density at radius 2 is 1.71 bits per heavy atom. The maximum absolute atomic E-state index is 12.8. The topological polar surface area (TPSA) is 97.5 Å². The van der Waals surface area contributed by atoms with Gasteiger partial charge in [0.2, 0.25) is 20.0 Å². The summed E-state index contributed by atoms with van der Waals surface area (Å²) in [5, 5.41) is 5.16. The van der Waals surface area contributed by atoms with E-state index in [-0.39, 0.29) is 16.3 Å². The van der Waals surface area contributed by atoms with Crippen molar-refractivity contribution in [3.8, 4) is 0 Å². The molecule has 128 valence electrons. The van der Waals surface area contributed by atoms with E-state index in [0.717, 1.165) is 11.1 Å². The van der Waals surface area contributed by atoms with Crippen LogP contribution in [0.1, 0.15) is 16.7 Å². The molecule has 8 heteroatoms. The highest BCUT2D eigenvalue weighted by atomic mass is 32.2. The lowest BCUT2D eigenvalue weighted by Crippen LogP contribution is -2.36. The van der Waals surface area contributed by atoms with Crippen LogP contribution in [0.3, 0.4) is 0 Å². The van der Waals surface area contributed by atoms with Crippen LogP contribution in [0.5, 0.6) is 0 Å². The zero-order chi connectivity index (χ0) is 17.5. The van der Waals surface area contributed by atoms with Gasteiger partial charge in [-0.25, -0.2) is 22.0 Å². The Hall–Kier alpha value is -1.74. The van der Waals surface area contributed by atoms with Crippen LogP contribution in [0.25, 0.3) is 0 Å². The summed E-state index contributed by atoms with van der Waals surface area (Å²) in [5.41, 5.74) is 2.48. The predicted molar refractivity (Wildman–Crippen MR) is 90.3 cm³/mol. The minimum atomic E-state index is -3.82. The molecule has 0 saturated carbocycles. The van der Waals surface area contributed by atoms with E-state index < -0.39 is 20.0 Å². The molecule has 6 nitrogen and oxygen atoms in total. The van der Waals surface area contributed by atoms with Crippen molar-refractivity contribution in [3.63, 3.8) is 0 Å². The molecule has 1 aliphatic heterocycles. The summed E-state index contributed by atoms with van der Waals surface area (Å²) in [7, 11) is -7.44. The number of aryl methyl sites for hydroxylation is 1. The van der Waals surface area contributed by atoms with Gasteiger partial charge in [0.25, 0.3) is 0 Å². The summed E-state index contributed by atoms with van der Waals surface area (Å²) >= 11 is 0. The van der Waals surface area contributed by atoms with Gasteiger partial charge in [0, 0.05) is 13.1 Å². The number of nitrogens with zero attached hydrogens (tertiary/aromatic N) is 1. The number of benzene rings is 2. The van der Waals surface area contributed by atoms with Gasteiger partial charge in [-0.1, -0.05) is 18.2 Å². The highest BCUT2D eigenvalue weighted by molar-refractivity contribution is 7.89. The average molecular weight is 366 g/mol. The number of fused-ring (bicyclic) bond motifs is 1. The molecule has 0 atom stereocenters. The van der Waals surface area contributed by atoms with E-state index >= 15 is 0 Å². The van der Waals surface area contributed by atoms with Crippen molar-refractivity contribution in [2.75, 3.05) is 6.54 Å². The second kappa shape index (κ2) is 5.96. The normalized spacial score (nSPS) is 15.9. The summed E-state index contributed by atoms with van der Waals surface area (Å²) in [5.74, 6) is 0. The second-order valence-corrected chi connectivity index (χ2v) is 9.38. The zero-order valence-electron chi connectivity index (χ0n) is 13.1. The Bertz CT molecular complexity index is 998. The zero-order valence-corrected chi connectivity index (χ0v) is 14.8. The molecule has 0 radical (unpaired) electrons. The average Bonchev–Trinajstić information content (AvgIpc) is 2.53. The number of rotatable bonds is 3. The first-order chi connectivity index (χ1) is 11.2. The van der Waals surface area contributed by atoms with Gasteiger partial charge in [0.05, 0.1) is 9.79 Å². The molecule has 0 spiro atoms. The molecule has 0 bridgehead atoms. The molecule has 0 unspecified atom stereocenters. The number of primary sulfonamides is 1. The van der Waals surface area contributed by atoms with Crippen LogP contribution in [-0.2, 0) is 33.0 Å². The van der Waals surface area contributed by atoms with Gasteiger partial charge in [0.15, 0.2) is 0 Å². The van der Waals surface area contributed by atoms with Crippen molar-refractivity contribution in [2.24, 2.45) is 5.14 Å². The van der Waals surface area contributed by atoms with Gasteiger partial charge >= 0.3 is 0 Å². The Kier molecular flexibility index (Phi) is 4.25. The monoisotopic (exact) mass is 366 g/mol. The van der Waals surface area contributed by atoms with Gasteiger partial charge in [-0.15, -0.1) is 0 Å². The molecule has 0 fully saturated rings. The van der Waals surface area contributed by atoms with Crippen molar-refractivity contribution >= 4 is 20.0 Å². The van der Waals surface area contributed by atoms with E-state index in [1.807, 2.05) is 13.0 Å². The lowest BCUT2D eigenvalue weighted by Gasteiger charge is -2.28. The van der Waals surface area contributed by atoms with Gasteiger partial charge in [-0.05, 0) is 54.3 Å². The standard InChI is InChI=1S/C16H18N2O4S2/c1-12-3-2-4-16(9-12)24(21,22)18-8-7-13-5-6-15(23(17,19)20)10-14(13)11-18/h2-6,9-10H,7-8,11H2,1H3,(H2,17,19,20). The van der Waals surface area contributed by atoms with E-state index in [4.69, 9.17) is 5.14 Å². The highest BCUT2D eigenvalue weighted by Gasteiger charge is 2.29. The fourth-order valence-corrected chi connectivity index (χ4v) is 4.90. The third-order valence-corrected chi connectivity index (χ3v) is 6.86. The number of hydrogen-bond acceptors (Lipinski definition) is 4. The predicted octanol–water partition coefficient (Wildman–Crippen LogP) is 1.39. The third-order valence-electron chi connectivity index (χ3n) is 4.11. The van der Waals surface area contributed by atoms with Crippen molar-refractivity contribution in [1.29, 1.82) is 0 Å². The van der Waals surface area contributed by atoms with Gasteiger partial charge < -0.3 is 0 Å². The van der Waals surface area contributed by atoms with E-state index in [1.165, 1.54) is 16.4 Å². The molecule has 2 N–H and O–H groups in total. The fourth-order valence-electron chi connectivity index (χ4n) is 2.81. The van der Waals surface area contributed by atoms with E-state index in [1.54, 1.807) is 24.3 Å². The van der Waals surface area contributed by atoms with E-state index in [0.29, 0.717) is 18.5 Å². The molecule has 0 aliphatic carbocycles. The molecule has 2 aromatic rings.